The maximum Gasteiger partial charge on any atom is 0.407 e. The van der Waals surface area contributed by atoms with E-state index in [0.29, 0.717) is 25.1 Å². The highest BCUT2D eigenvalue weighted by atomic mass is 79.9. The van der Waals surface area contributed by atoms with Crippen molar-refractivity contribution < 1.29 is 28.6 Å². The predicted octanol–water partition coefficient (Wildman–Crippen LogP) is 6.06. The molecule has 0 saturated carbocycles. The first-order valence-electron chi connectivity index (χ1n) is 12.0. The van der Waals surface area contributed by atoms with Gasteiger partial charge in [0.05, 0.1) is 12.7 Å². The number of methoxy groups -OCH3 is 1. The Labute approximate surface area is 228 Å². The molecule has 0 radical (unpaired) electrons. The quantitative estimate of drug-likeness (QED) is 0.306. The molecule has 9 heteroatoms. The number of rotatable bonds is 7. The third-order valence-electron chi connectivity index (χ3n) is 4.45. The number of carbonyl (C=O) groups is 3. The van der Waals surface area contributed by atoms with Gasteiger partial charge in [0.1, 0.15) is 11.2 Å². The van der Waals surface area contributed by atoms with Crippen molar-refractivity contribution in [1.29, 1.82) is 0 Å². The average molecular weight is 580 g/mol. The van der Waals surface area contributed by atoms with Crippen LogP contribution < -0.4 is 10.6 Å². The molecule has 0 aromatic heterocycles. The Morgan fingerprint density at radius 2 is 1.08 bits per heavy atom. The summed E-state index contributed by atoms with van der Waals surface area (Å²) in [7, 11) is 1.35. The largest absolute Gasteiger partial charge is 0.465 e. The molecule has 2 N–H and O–H groups in total. The van der Waals surface area contributed by atoms with Crippen LogP contribution in [0.4, 0.5) is 9.59 Å². The van der Waals surface area contributed by atoms with Crippen LogP contribution >= 0.6 is 15.9 Å². The summed E-state index contributed by atoms with van der Waals surface area (Å²) in [4.78, 5) is 34.1. The summed E-state index contributed by atoms with van der Waals surface area (Å²) in [5.74, 6) is -0.358. The van der Waals surface area contributed by atoms with Crippen LogP contribution in [0.3, 0.4) is 0 Å². The molecule has 8 nitrogen and oxygen atoms in total. The van der Waals surface area contributed by atoms with Gasteiger partial charge in [-0.3, -0.25) is 0 Å². The molecular formula is C28H39BrN2O6. The summed E-state index contributed by atoms with van der Waals surface area (Å²) in [6, 6.07) is 15.1. The van der Waals surface area contributed by atoms with E-state index < -0.39 is 17.3 Å². The highest BCUT2D eigenvalue weighted by Gasteiger charge is 2.16. The van der Waals surface area contributed by atoms with Crippen molar-refractivity contribution in [2.45, 2.75) is 65.6 Å². The number of alkyl carbamates (subject to hydrolysis) is 2. The average Bonchev–Trinajstić information content (AvgIpc) is 2.78. The fourth-order valence-electron chi connectivity index (χ4n) is 2.82. The number of nitrogens with one attached hydrogen (secondary N) is 2. The van der Waals surface area contributed by atoms with Crippen LogP contribution in [0, 0.1) is 0 Å². The molecule has 2 amide bonds. The van der Waals surface area contributed by atoms with Crippen LogP contribution in [-0.4, -0.2) is 49.6 Å². The van der Waals surface area contributed by atoms with Crippen molar-refractivity contribution in [3.05, 3.63) is 69.7 Å². The van der Waals surface area contributed by atoms with Gasteiger partial charge in [0.2, 0.25) is 0 Å². The molecule has 2 rings (SSSR count). The fourth-order valence-corrected chi connectivity index (χ4v) is 3.09. The van der Waals surface area contributed by atoms with Crippen molar-refractivity contribution in [3.8, 4) is 0 Å². The smallest absolute Gasteiger partial charge is 0.407 e. The molecule has 0 aliphatic carbocycles. The van der Waals surface area contributed by atoms with Crippen LogP contribution in [0.25, 0.3) is 0 Å². The van der Waals surface area contributed by atoms with Gasteiger partial charge in [0.25, 0.3) is 0 Å². The Kier molecular flexibility index (Phi) is 13.2. The Morgan fingerprint density at radius 3 is 1.43 bits per heavy atom. The van der Waals surface area contributed by atoms with Crippen molar-refractivity contribution >= 4 is 34.1 Å². The van der Waals surface area contributed by atoms with Gasteiger partial charge in [-0.2, -0.15) is 0 Å². The maximum atomic E-state index is 11.4. The summed E-state index contributed by atoms with van der Waals surface area (Å²) >= 11 is 3.38. The predicted molar refractivity (Wildman–Crippen MR) is 148 cm³/mol. The standard InChI is InChI=1S/C15H21NO4.C13H18BrNO2/c1-15(2,3)20-14(18)16-10-9-11-5-7-12(8-6-11)13(17)19-4;1-13(2,3)17-12(16)15-9-8-10-4-6-11(14)7-5-10/h5-8H,9-10H2,1-4H3,(H,16,18);4-7H,8-9H2,1-3H3,(H,15,16). The molecule has 0 fully saturated rings. The molecule has 0 atom stereocenters. The van der Waals surface area contributed by atoms with Crippen LogP contribution in [0.15, 0.2) is 53.0 Å². The zero-order valence-electron chi connectivity index (χ0n) is 22.8. The van der Waals surface area contributed by atoms with Gasteiger partial charge in [0.15, 0.2) is 0 Å². The van der Waals surface area contributed by atoms with Crippen LogP contribution in [0.1, 0.15) is 63.0 Å². The third kappa shape index (κ3) is 15.6. The Morgan fingerprint density at radius 1 is 0.703 bits per heavy atom. The zero-order chi connectivity index (χ0) is 28.1. The van der Waals surface area contributed by atoms with Gasteiger partial charge in [-0.05, 0) is 89.8 Å². The molecule has 0 unspecified atom stereocenters. The molecule has 2 aromatic rings. The number of hydrogen-bond donors (Lipinski definition) is 2. The lowest BCUT2D eigenvalue weighted by molar-refractivity contribution is 0.0517. The van der Waals surface area contributed by atoms with E-state index >= 15 is 0 Å². The molecule has 204 valence electrons. The second-order valence-corrected chi connectivity index (χ2v) is 11.1. The number of carbonyl (C=O) groups excluding carboxylic acids is 3. The summed E-state index contributed by atoms with van der Waals surface area (Å²) in [6.07, 6.45) is 0.672. The summed E-state index contributed by atoms with van der Waals surface area (Å²) in [5, 5.41) is 5.41. The minimum atomic E-state index is -0.494. The van der Waals surface area contributed by atoms with Crippen molar-refractivity contribution in [2.24, 2.45) is 0 Å². The first-order chi connectivity index (χ1) is 17.2. The van der Waals surface area contributed by atoms with Gasteiger partial charge in [-0.25, -0.2) is 14.4 Å². The molecule has 0 heterocycles. The Balaban J connectivity index is 0.000000375. The van der Waals surface area contributed by atoms with Crippen molar-refractivity contribution in [3.63, 3.8) is 0 Å². The van der Waals surface area contributed by atoms with E-state index in [9.17, 15) is 14.4 Å². The molecule has 0 bridgehead atoms. The Bertz CT molecular complexity index is 993. The van der Waals surface area contributed by atoms with E-state index in [0.717, 1.165) is 16.5 Å². The topological polar surface area (TPSA) is 103 Å². The summed E-state index contributed by atoms with van der Waals surface area (Å²) in [6.45, 7) is 12.1. The van der Waals surface area contributed by atoms with Gasteiger partial charge in [-0.1, -0.05) is 40.2 Å². The minimum Gasteiger partial charge on any atom is -0.465 e. The van der Waals surface area contributed by atoms with Gasteiger partial charge in [0, 0.05) is 17.6 Å². The number of esters is 1. The van der Waals surface area contributed by atoms with E-state index in [1.807, 2.05) is 77.9 Å². The highest BCUT2D eigenvalue weighted by Crippen LogP contribution is 2.11. The lowest BCUT2D eigenvalue weighted by atomic mass is 10.1. The molecule has 0 aliphatic rings. The third-order valence-corrected chi connectivity index (χ3v) is 4.98. The summed E-state index contributed by atoms with van der Waals surface area (Å²) < 4.78 is 15.9. The molecule has 37 heavy (non-hydrogen) atoms. The number of amides is 2. The lowest BCUT2D eigenvalue weighted by Gasteiger charge is -2.19. The lowest BCUT2D eigenvalue weighted by Crippen LogP contribution is -2.33. The molecular weight excluding hydrogens is 540 g/mol. The second-order valence-electron chi connectivity index (χ2n) is 10.2. The first kappa shape index (κ1) is 32.0. The fraction of sp³-hybridized carbons (Fsp3) is 0.464. The molecule has 0 spiro atoms. The van der Waals surface area contributed by atoms with Crippen LogP contribution in [0.5, 0.6) is 0 Å². The molecule has 0 saturated heterocycles. The monoisotopic (exact) mass is 578 g/mol. The van der Waals surface area contributed by atoms with Crippen LogP contribution in [0.2, 0.25) is 0 Å². The van der Waals surface area contributed by atoms with E-state index in [-0.39, 0.29) is 12.1 Å². The van der Waals surface area contributed by atoms with Gasteiger partial charge in [-0.15, -0.1) is 0 Å². The number of hydrogen-bond acceptors (Lipinski definition) is 6. The van der Waals surface area contributed by atoms with Gasteiger partial charge < -0.3 is 24.8 Å². The minimum absolute atomic E-state index is 0.358. The van der Waals surface area contributed by atoms with Crippen LogP contribution in [-0.2, 0) is 27.1 Å². The zero-order valence-corrected chi connectivity index (χ0v) is 24.4. The first-order valence-corrected chi connectivity index (χ1v) is 12.8. The van der Waals surface area contributed by atoms with E-state index in [1.54, 1.807) is 12.1 Å². The normalized spacial score (nSPS) is 10.9. The van der Waals surface area contributed by atoms with E-state index in [1.165, 1.54) is 12.7 Å². The number of halogens is 1. The maximum absolute atomic E-state index is 11.4. The highest BCUT2D eigenvalue weighted by molar-refractivity contribution is 9.10. The molecule has 0 aliphatic heterocycles. The van der Waals surface area contributed by atoms with Crippen molar-refractivity contribution in [1.82, 2.24) is 10.6 Å². The van der Waals surface area contributed by atoms with Gasteiger partial charge >= 0.3 is 18.2 Å². The van der Waals surface area contributed by atoms with Crippen molar-refractivity contribution in [2.75, 3.05) is 20.2 Å². The number of benzene rings is 2. The second kappa shape index (κ2) is 15.2. The SMILES string of the molecule is CC(C)(C)OC(=O)NCCc1ccc(Br)cc1.COC(=O)c1ccc(CCNC(=O)OC(C)(C)C)cc1. The van der Waals surface area contributed by atoms with E-state index in [4.69, 9.17) is 9.47 Å². The number of ether oxygens (including phenoxy) is 3. The summed E-state index contributed by atoms with van der Waals surface area (Å²) in [5.41, 5.74) is 1.78. The Hall–Kier alpha value is -3.07. The molecule has 2 aromatic carbocycles. The van der Waals surface area contributed by atoms with E-state index in [2.05, 4.69) is 31.3 Å².